The van der Waals surface area contributed by atoms with Gasteiger partial charge in [0, 0.05) is 0 Å². The minimum Gasteiger partial charge on any atom is -0.477 e. The number of halogens is 2. The maximum Gasteiger partial charge on any atom is 0.234 e. The zero-order valence-electron chi connectivity index (χ0n) is 8.59. The third-order valence-electron chi connectivity index (χ3n) is 1.91. The number of anilines is 1. The SMILES string of the molecule is CCCCCOc1nc(N)c(Cl)cc1Cl. The standard InChI is InChI=1S/C10H14Cl2N2O/c1-2-3-4-5-15-10-8(12)6-7(11)9(13)14-10/h6H,2-5H2,1H3,(H2,13,14). The number of pyridine rings is 1. The Bertz CT molecular complexity index is 331. The molecule has 0 bridgehead atoms. The van der Waals surface area contributed by atoms with Crippen molar-refractivity contribution in [3.8, 4) is 5.88 Å². The summed E-state index contributed by atoms with van der Waals surface area (Å²) < 4.78 is 5.39. The zero-order chi connectivity index (χ0) is 11.3. The van der Waals surface area contributed by atoms with E-state index < -0.39 is 0 Å². The summed E-state index contributed by atoms with van der Waals surface area (Å²) in [4.78, 5) is 3.96. The van der Waals surface area contributed by atoms with Gasteiger partial charge in [0.15, 0.2) is 0 Å². The molecule has 15 heavy (non-hydrogen) atoms. The molecule has 0 amide bonds. The number of aromatic nitrogens is 1. The molecule has 0 aromatic carbocycles. The van der Waals surface area contributed by atoms with Gasteiger partial charge in [-0.1, -0.05) is 43.0 Å². The second-order valence-corrected chi connectivity index (χ2v) is 4.01. The smallest absolute Gasteiger partial charge is 0.234 e. The topological polar surface area (TPSA) is 48.1 Å². The van der Waals surface area contributed by atoms with Gasteiger partial charge in [0.25, 0.3) is 0 Å². The van der Waals surface area contributed by atoms with Gasteiger partial charge in [-0.25, -0.2) is 0 Å². The average Bonchev–Trinajstić information content (AvgIpc) is 2.20. The number of ether oxygens (including phenoxy) is 1. The van der Waals surface area contributed by atoms with E-state index in [0.717, 1.165) is 19.3 Å². The average molecular weight is 249 g/mol. The van der Waals surface area contributed by atoms with Gasteiger partial charge in [-0.2, -0.15) is 4.98 Å². The van der Waals surface area contributed by atoms with E-state index in [4.69, 9.17) is 33.7 Å². The highest BCUT2D eigenvalue weighted by Gasteiger charge is 2.07. The summed E-state index contributed by atoms with van der Waals surface area (Å²) in [5.41, 5.74) is 5.54. The Kier molecular flexibility index (Phi) is 4.99. The highest BCUT2D eigenvalue weighted by molar-refractivity contribution is 6.36. The molecule has 84 valence electrons. The van der Waals surface area contributed by atoms with Crippen molar-refractivity contribution in [3.05, 3.63) is 16.1 Å². The minimum atomic E-state index is 0.242. The van der Waals surface area contributed by atoms with Crippen LogP contribution in [0.3, 0.4) is 0 Å². The van der Waals surface area contributed by atoms with Gasteiger partial charge >= 0.3 is 0 Å². The lowest BCUT2D eigenvalue weighted by Gasteiger charge is -2.07. The predicted molar refractivity (Wildman–Crippen MR) is 63.7 cm³/mol. The third-order valence-corrected chi connectivity index (χ3v) is 2.48. The first kappa shape index (κ1) is 12.4. The van der Waals surface area contributed by atoms with Crippen LogP contribution in [0.4, 0.5) is 5.82 Å². The van der Waals surface area contributed by atoms with Crippen LogP contribution < -0.4 is 10.5 Å². The lowest BCUT2D eigenvalue weighted by Crippen LogP contribution is -2.01. The molecule has 0 radical (unpaired) electrons. The number of nitrogens with two attached hydrogens (primary N) is 1. The molecule has 1 aromatic heterocycles. The van der Waals surface area contributed by atoms with E-state index >= 15 is 0 Å². The number of rotatable bonds is 5. The fourth-order valence-electron chi connectivity index (χ4n) is 1.09. The molecule has 0 saturated heterocycles. The van der Waals surface area contributed by atoms with Gasteiger partial charge < -0.3 is 10.5 Å². The number of hydrogen-bond donors (Lipinski definition) is 1. The van der Waals surface area contributed by atoms with Crippen molar-refractivity contribution in [3.63, 3.8) is 0 Å². The molecule has 1 rings (SSSR count). The molecule has 0 fully saturated rings. The molecule has 1 aromatic rings. The maximum atomic E-state index is 5.89. The summed E-state index contributed by atoms with van der Waals surface area (Å²) in [5, 5.41) is 0.742. The highest BCUT2D eigenvalue weighted by Crippen LogP contribution is 2.29. The van der Waals surface area contributed by atoms with Crippen molar-refractivity contribution >= 4 is 29.0 Å². The third kappa shape index (κ3) is 3.76. The van der Waals surface area contributed by atoms with E-state index in [1.54, 1.807) is 6.07 Å². The Balaban J connectivity index is 2.57. The van der Waals surface area contributed by atoms with Crippen LogP contribution in [0, 0.1) is 0 Å². The van der Waals surface area contributed by atoms with Crippen molar-refractivity contribution in [1.82, 2.24) is 4.98 Å². The van der Waals surface area contributed by atoms with Crippen molar-refractivity contribution in [1.29, 1.82) is 0 Å². The lowest BCUT2D eigenvalue weighted by molar-refractivity contribution is 0.295. The predicted octanol–water partition coefficient (Wildman–Crippen LogP) is 3.54. The van der Waals surface area contributed by atoms with E-state index in [1.807, 2.05) is 0 Å². The summed E-state index contributed by atoms with van der Waals surface area (Å²) in [6, 6.07) is 1.54. The molecule has 0 aliphatic carbocycles. The van der Waals surface area contributed by atoms with Gasteiger partial charge in [0.1, 0.15) is 10.8 Å². The molecule has 0 aliphatic rings. The van der Waals surface area contributed by atoms with Crippen LogP contribution in [0.5, 0.6) is 5.88 Å². The summed E-state index contributed by atoms with van der Waals surface area (Å²) >= 11 is 11.6. The number of nitrogens with zero attached hydrogens (tertiary/aromatic N) is 1. The van der Waals surface area contributed by atoms with E-state index in [-0.39, 0.29) is 5.82 Å². The molecule has 0 saturated carbocycles. The Labute approximate surface area is 99.5 Å². The van der Waals surface area contributed by atoms with Crippen molar-refractivity contribution < 1.29 is 4.74 Å². The van der Waals surface area contributed by atoms with E-state index in [2.05, 4.69) is 11.9 Å². The van der Waals surface area contributed by atoms with Crippen LogP contribution in [-0.2, 0) is 0 Å². The zero-order valence-corrected chi connectivity index (χ0v) is 10.1. The first-order valence-corrected chi connectivity index (χ1v) is 5.65. The summed E-state index contributed by atoms with van der Waals surface area (Å²) in [7, 11) is 0. The minimum absolute atomic E-state index is 0.242. The molecule has 3 nitrogen and oxygen atoms in total. The van der Waals surface area contributed by atoms with Crippen LogP contribution in [-0.4, -0.2) is 11.6 Å². The van der Waals surface area contributed by atoms with E-state index in [0.29, 0.717) is 22.5 Å². The molecule has 0 spiro atoms. The Hall–Kier alpha value is -0.670. The highest BCUT2D eigenvalue weighted by atomic mass is 35.5. The largest absolute Gasteiger partial charge is 0.477 e. The molecular formula is C10H14Cl2N2O. The Morgan fingerprint density at radius 3 is 2.73 bits per heavy atom. The van der Waals surface area contributed by atoms with Crippen LogP contribution >= 0.6 is 23.2 Å². The first-order chi connectivity index (χ1) is 7.15. The van der Waals surface area contributed by atoms with Crippen LogP contribution in [0.2, 0.25) is 10.0 Å². The summed E-state index contributed by atoms with van der Waals surface area (Å²) in [5.74, 6) is 0.598. The lowest BCUT2D eigenvalue weighted by atomic mass is 10.3. The van der Waals surface area contributed by atoms with Crippen molar-refractivity contribution in [2.75, 3.05) is 12.3 Å². The first-order valence-electron chi connectivity index (χ1n) is 4.89. The molecular weight excluding hydrogens is 235 g/mol. The fourth-order valence-corrected chi connectivity index (χ4v) is 1.50. The van der Waals surface area contributed by atoms with Crippen molar-refractivity contribution in [2.24, 2.45) is 0 Å². The Morgan fingerprint density at radius 1 is 1.33 bits per heavy atom. The second-order valence-electron chi connectivity index (χ2n) is 3.20. The molecule has 2 N–H and O–H groups in total. The normalized spacial score (nSPS) is 10.3. The quantitative estimate of drug-likeness (QED) is 0.812. The molecule has 5 heteroatoms. The monoisotopic (exact) mass is 248 g/mol. The van der Waals surface area contributed by atoms with Crippen LogP contribution in [0.15, 0.2) is 6.07 Å². The molecule has 0 unspecified atom stereocenters. The summed E-state index contributed by atoms with van der Waals surface area (Å²) in [6.07, 6.45) is 3.25. The fraction of sp³-hybridized carbons (Fsp3) is 0.500. The van der Waals surface area contributed by atoms with Gasteiger partial charge in [-0.15, -0.1) is 0 Å². The van der Waals surface area contributed by atoms with Gasteiger partial charge in [0.05, 0.1) is 11.6 Å². The van der Waals surface area contributed by atoms with Gasteiger partial charge in [0.2, 0.25) is 5.88 Å². The van der Waals surface area contributed by atoms with E-state index in [1.165, 1.54) is 0 Å². The summed E-state index contributed by atoms with van der Waals surface area (Å²) in [6.45, 7) is 2.73. The van der Waals surface area contributed by atoms with Crippen LogP contribution in [0.25, 0.3) is 0 Å². The van der Waals surface area contributed by atoms with Crippen LogP contribution in [0.1, 0.15) is 26.2 Å². The number of nitrogen functional groups attached to an aromatic ring is 1. The number of hydrogen-bond acceptors (Lipinski definition) is 3. The molecule has 1 heterocycles. The maximum absolute atomic E-state index is 5.89. The van der Waals surface area contributed by atoms with Crippen molar-refractivity contribution in [2.45, 2.75) is 26.2 Å². The molecule has 0 atom stereocenters. The van der Waals surface area contributed by atoms with E-state index in [9.17, 15) is 0 Å². The van der Waals surface area contributed by atoms with Gasteiger partial charge in [-0.3, -0.25) is 0 Å². The Morgan fingerprint density at radius 2 is 2.07 bits per heavy atom. The second kappa shape index (κ2) is 6.03. The number of unbranched alkanes of at least 4 members (excludes halogenated alkanes) is 2. The van der Waals surface area contributed by atoms with Gasteiger partial charge in [-0.05, 0) is 12.5 Å². The molecule has 0 aliphatic heterocycles.